The third kappa shape index (κ3) is 9.03. The van der Waals surface area contributed by atoms with Crippen LogP contribution in [0.4, 0.5) is 4.39 Å². The zero-order valence-corrected chi connectivity index (χ0v) is 33.0. The van der Waals surface area contributed by atoms with Crippen molar-refractivity contribution in [3.8, 4) is 5.82 Å². The van der Waals surface area contributed by atoms with Gasteiger partial charge in [0.15, 0.2) is 11.6 Å². The number of carbonyl (C=O) groups is 2. The third-order valence-electron chi connectivity index (χ3n) is 10.7. The van der Waals surface area contributed by atoms with Gasteiger partial charge in [-0.2, -0.15) is 15.3 Å². The van der Waals surface area contributed by atoms with Gasteiger partial charge in [0.25, 0.3) is 0 Å². The SMILES string of the molecule is Cc1cc(Cc2cc(C)[nH]n2)nc(C2(O)CC(C(=O)N[C@@H](C)c3ccc(-n4cc(F)cn4)nc3)C2)c1.Cc1cc(Cc2cc(C)[nH]n2)nc(C2(O)CC(C(=O)O)C2)c1. The summed E-state index contributed by atoms with van der Waals surface area (Å²) in [6, 6.07) is 14.9. The summed E-state index contributed by atoms with van der Waals surface area (Å²) in [5, 5.41) is 52.0. The molecule has 8 rings (SSSR count). The molecule has 1 amide bonds. The summed E-state index contributed by atoms with van der Waals surface area (Å²) in [5.74, 6) is -1.72. The Labute approximate surface area is 334 Å². The van der Waals surface area contributed by atoms with Gasteiger partial charge in [0.2, 0.25) is 5.91 Å². The van der Waals surface area contributed by atoms with E-state index in [1.165, 1.54) is 10.9 Å². The van der Waals surface area contributed by atoms with Crippen molar-refractivity contribution in [2.45, 2.75) is 90.4 Å². The standard InChI is InChI=1S/C26H28FN7O2.C16H19N3O3/c1-15-6-21(9-22-8-16(2)32-33-22)31-23(7-15)26(36)10-19(11-26)25(35)30-17(3)18-4-5-24(28-12-18)34-14-20(27)13-29-34;1-9-3-12(6-13-5-10(2)18-19-13)17-14(4-9)16(22)7-11(8-16)15(20)21/h4-8,12-14,17,19,36H,9-11H2,1-3H3,(H,30,35)(H,32,33);3-5,11,22H,6-8H2,1-2H3,(H,18,19)(H,20,21)/t17-,19?,26?;/m0./s1. The van der Waals surface area contributed by atoms with Crippen molar-refractivity contribution in [1.82, 2.24) is 50.4 Å². The van der Waals surface area contributed by atoms with E-state index in [9.17, 15) is 24.2 Å². The number of nitrogens with zero attached hydrogens (tertiary/aromatic N) is 7. The smallest absolute Gasteiger partial charge is 0.306 e. The van der Waals surface area contributed by atoms with Crippen LogP contribution in [0, 0.1) is 45.3 Å². The molecule has 0 saturated heterocycles. The maximum absolute atomic E-state index is 13.2. The van der Waals surface area contributed by atoms with E-state index in [0.29, 0.717) is 42.9 Å². The van der Waals surface area contributed by atoms with E-state index in [0.717, 1.165) is 57.1 Å². The number of carbonyl (C=O) groups excluding carboxylic acids is 1. The molecule has 0 unspecified atom stereocenters. The number of halogens is 1. The van der Waals surface area contributed by atoms with Crippen molar-refractivity contribution >= 4 is 11.9 Å². The number of rotatable bonds is 11. The lowest BCUT2D eigenvalue weighted by Crippen LogP contribution is -2.49. The highest BCUT2D eigenvalue weighted by molar-refractivity contribution is 5.80. The Bertz CT molecular complexity index is 2430. The molecular weight excluding hydrogens is 744 g/mol. The highest BCUT2D eigenvalue weighted by atomic mass is 19.1. The predicted octanol–water partition coefficient (Wildman–Crippen LogP) is 4.90. The zero-order chi connectivity index (χ0) is 41.4. The Balaban J connectivity index is 0.000000199. The maximum atomic E-state index is 13.2. The fourth-order valence-corrected chi connectivity index (χ4v) is 7.56. The Morgan fingerprint density at radius 1 is 0.810 bits per heavy atom. The minimum Gasteiger partial charge on any atom is -0.481 e. The molecule has 16 heteroatoms. The van der Waals surface area contributed by atoms with Crippen molar-refractivity contribution in [3.05, 3.63) is 135 Å². The Hall–Kier alpha value is -6.13. The van der Waals surface area contributed by atoms with Crippen LogP contribution < -0.4 is 5.32 Å². The molecule has 0 aromatic carbocycles. The van der Waals surface area contributed by atoms with Crippen LogP contribution in [-0.2, 0) is 33.6 Å². The van der Waals surface area contributed by atoms with Gasteiger partial charge in [0.05, 0.1) is 47.1 Å². The van der Waals surface area contributed by atoms with Crippen LogP contribution in [0.15, 0.2) is 67.1 Å². The number of aliphatic carboxylic acids is 1. The molecule has 2 fully saturated rings. The van der Waals surface area contributed by atoms with Crippen LogP contribution in [-0.4, -0.2) is 72.3 Å². The van der Waals surface area contributed by atoms with E-state index in [1.807, 2.05) is 77.1 Å². The number of nitrogens with one attached hydrogen (secondary N) is 3. The second-order valence-corrected chi connectivity index (χ2v) is 15.9. The summed E-state index contributed by atoms with van der Waals surface area (Å²) in [6.45, 7) is 9.68. The van der Waals surface area contributed by atoms with Crippen molar-refractivity contribution in [2.75, 3.05) is 0 Å². The topological polar surface area (TPSA) is 221 Å². The lowest BCUT2D eigenvalue weighted by molar-refractivity contribution is -0.160. The molecule has 2 saturated carbocycles. The average Bonchev–Trinajstić information content (AvgIpc) is 3.89. The van der Waals surface area contributed by atoms with Crippen LogP contribution in [0.25, 0.3) is 5.82 Å². The van der Waals surface area contributed by atoms with Crippen molar-refractivity contribution in [2.24, 2.45) is 11.8 Å². The summed E-state index contributed by atoms with van der Waals surface area (Å²) < 4.78 is 14.5. The van der Waals surface area contributed by atoms with Crippen LogP contribution >= 0.6 is 0 Å². The summed E-state index contributed by atoms with van der Waals surface area (Å²) in [4.78, 5) is 37.3. The van der Waals surface area contributed by atoms with Crippen molar-refractivity contribution in [1.29, 1.82) is 0 Å². The van der Waals surface area contributed by atoms with E-state index < -0.39 is 28.9 Å². The van der Waals surface area contributed by atoms with Gasteiger partial charge in [-0.3, -0.25) is 29.8 Å². The van der Waals surface area contributed by atoms with E-state index in [4.69, 9.17) is 10.1 Å². The molecular formula is C42H47FN10O5. The van der Waals surface area contributed by atoms with E-state index in [2.05, 4.69) is 40.8 Å². The van der Waals surface area contributed by atoms with E-state index in [1.54, 1.807) is 12.3 Å². The molecule has 0 radical (unpaired) electrons. The largest absolute Gasteiger partial charge is 0.481 e. The molecule has 6 N–H and O–H groups in total. The minimum absolute atomic E-state index is 0.120. The number of carboxylic acids is 1. The fraction of sp³-hybridized carbons (Fsp3) is 0.381. The van der Waals surface area contributed by atoms with E-state index in [-0.39, 0.29) is 30.7 Å². The number of carboxylic acid groups (broad SMARTS) is 1. The first kappa shape index (κ1) is 40.1. The summed E-state index contributed by atoms with van der Waals surface area (Å²) in [6.07, 6.45) is 6.21. The van der Waals surface area contributed by atoms with Crippen LogP contribution in [0.3, 0.4) is 0 Å². The van der Waals surface area contributed by atoms with Gasteiger partial charge >= 0.3 is 5.97 Å². The molecule has 0 spiro atoms. The lowest BCUT2D eigenvalue weighted by Gasteiger charge is -2.42. The fourth-order valence-electron chi connectivity index (χ4n) is 7.56. The summed E-state index contributed by atoms with van der Waals surface area (Å²) >= 11 is 0. The van der Waals surface area contributed by atoms with Gasteiger partial charge in [0, 0.05) is 47.7 Å². The third-order valence-corrected chi connectivity index (χ3v) is 10.7. The Kier molecular flexibility index (Phi) is 11.1. The van der Waals surface area contributed by atoms with Crippen LogP contribution in [0.5, 0.6) is 0 Å². The van der Waals surface area contributed by atoms with Crippen molar-refractivity contribution < 1.29 is 29.3 Å². The number of aromatic amines is 2. The molecule has 2 aliphatic carbocycles. The average molecular weight is 791 g/mol. The minimum atomic E-state index is -1.13. The number of H-pyrrole nitrogens is 2. The van der Waals surface area contributed by atoms with Gasteiger partial charge in [0.1, 0.15) is 11.2 Å². The molecule has 6 aromatic heterocycles. The quantitative estimate of drug-likeness (QED) is 0.104. The summed E-state index contributed by atoms with van der Waals surface area (Å²) in [5.41, 5.74) is 7.15. The zero-order valence-electron chi connectivity index (χ0n) is 33.0. The molecule has 6 heterocycles. The number of aliphatic hydroxyl groups is 2. The van der Waals surface area contributed by atoms with Crippen LogP contribution in [0.2, 0.25) is 0 Å². The molecule has 1 atom stereocenters. The lowest BCUT2D eigenvalue weighted by atomic mass is 9.68. The molecule has 6 aromatic rings. The molecule has 302 valence electrons. The molecule has 2 aliphatic rings. The second kappa shape index (κ2) is 16.0. The normalized spacial score (nSPS) is 21.6. The maximum Gasteiger partial charge on any atom is 0.306 e. The molecule has 0 bridgehead atoms. The number of hydrogen-bond donors (Lipinski definition) is 6. The first-order valence-electron chi connectivity index (χ1n) is 19.2. The Morgan fingerprint density at radius 3 is 1.78 bits per heavy atom. The number of amides is 1. The first-order valence-corrected chi connectivity index (χ1v) is 19.2. The Morgan fingerprint density at radius 2 is 1.34 bits per heavy atom. The number of hydrogen-bond acceptors (Lipinski definition) is 10. The number of aromatic nitrogens is 9. The van der Waals surface area contributed by atoms with Crippen molar-refractivity contribution in [3.63, 3.8) is 0 Å². The van der Waals surface area contributed by atoms with Gasteiger partial charge in [-0.25, -0.2) is 14.1 Å². The van der Waals surface area contributed by atoms with Gasteiger partial charge < -0.3 is 20.6 Å². The van der Waals surface area contributed by atoms with Gasteiger partial charge in [-0.05, 0) is 119 Å². The monoisotopic (exact) mass is 790 g/mol. The number of pyridine rings is 3. The van der Waals surface area contributed by atoms with Gasteiger partial charge in [-0.15, -0.1) is 0 Å². The predicted molar refractivity (Wildman–Crippen MR) is 209 cm³/mol. The highest BCUT2D eigenvalue weighted by Crippen LogP contribution is 2.46. The number of aryl methyl sites for hydroxylation is 4. The molecule has 58 heavy (non-hydrogen) atoms. The summed E-state index contributed by atoms with van der Waals surface area (Å²) in [7, 11) is 0. The second-order valence-electron chi connectivity index (χ2n) is 15.9. The van der Waals surface area contributed by atoms with E-state index >= 15 is 0 Å². The highest BCUT2D eigenvalue weighted by Gasteiger charge is 2.49. The first-order chi connectivity index (χ1) is 27.5. The molecule has 0 aliphatic heterocycles. The van der Waals surface area contributed by atoms with Crippen LogP contribution in [0.1, 0.15) is 101 Å². The molecule has 15 nitrogen and oxygen atoms in total. The van der Waals surface area contributed by atoms with Gasteiger partial charge in [-0.1, -0.05) is 6.07 Å².